The molecule has 1 heterocycles. The first-order chi connectivity index (χ1) is 9.12. The highest BCUT2D eigenvalue weighted by Gasteiger charge is 2.22. The molecule has 2 rings (SSSR count). The average Bonchev–Trinajstić information content (AvgIpc) is 2.68. The fraction of sp³-hybridized carbons (Fsp3) is 0.538. The zero-order valence-electron chi connectivity index (χ0n) is 11.2. The Morgan fingerprint density at radius 3 is 2.00 bits per heavy atom. The van der Waals surface area contributed by atoms with Crippen molar-refractivity contribution in [2.24, 2.45) is 0 Å². The third kappa shape index (κ3) is 3.84. The first-order valence-corrected chi connectivity index (χ1v) is 8.11. The molecule has 6 heteroatoms. The largest absolute Gasteiger partial charge is 0.388 e. The summed E-state index contributed by atoms with van der Waals surface area (Å²) in [6.45, 7) is 1.23. The second-order valence-electron chi connectivity index (χ2n) is 4.75. The van der Waals surface area contributed by atoms with Crippen LogP contribution in [0.4, 0.5) is 11.4 Å². The molecule has 0 aromatic heterocycles. The summed E-state index contributed by atoms with van der Waals surface area (Å²) in [6.07, 6.45) is 4.12. The molecule has 0 spiro atoms. The molecule has 0 radical (unpaired) electrons. The van der Waals surface area contributed by atoms with Crippen molar-refractivity contribution in [3.63, 3.8) is 0 Å². The molecule has 1 aliphatic rings. The van der Waals surface area contributed by atoms with Crippen LogP contribution in [0.15, 0.2) is 24.3 Å². The van der Waals surface area contributed by atoms with Crippen molar-refractivity contribution in [3.05, 3.63) is 24.3 Å². The predicted octanol–water partition coefficient (Wildman–Crippen LogP) is 2.26. The molecule has 0 unspecified atom stereocenters. The smallest absolute Gasteiger partial charge is 0.301 e. The quantitative estimate of drug-likeness (QED) is 0.891. The maximum Gasteiger partial charge on any atom is 0.301 e. The maximum atomic E-state index is 12.3. The van der Waals surface area contributed by atoms with E-state index in [4.69, 9.17) is 0 Å². The van der Waals surface area contributed by atoms with Crippen LogP contribution in [0.3, 0.4) is 0 Å². The van der Waals surface area contributed by atoms with Gasteiger partial charge in [0, 0.05) is 31.5 Å². The van der Waals surface area contributed by atoms with Gasteiger partial charge in [0.15, 0.2) is 0 Å². The van der Waals surface area contributed by atoms with E-state index in [0.717, 1.165) is 31.4 Å². The normalized spacial score (nSPS) is 17.7. The molecule has 106 valence electrons. The maximum absolute atomic E-state index is 12.3. The van der Waals surface area contributed by atoms with Crippen LogP contribution in [0.2, 0.25) is 0 Å². The zero-order valence-corrected chi connectivity index (χ0v) is 12.0. The molecule has 0 aliphatic carbocycles. The third-order valence-electron chi connectivity index (χ3n) is 3.33. The third-order valence-corrected chi connectivity index (χ3v) is 4.86. The Balaban J connectivity index is 2.06. The lowest BCUT2D eigenvalue weighted by molar-refractivity contribution is 0.427. The predicted molar refractivity (Wildman–Crippen MR) is 78.6 cm³/mol. The van der Waals surface area contributed by atoms with Crippen molar-refractivity contribution in [1.29, 1.82) is 0 Å². The van der Waals surface area contributed by atoms with Crippen molar-refractivity contribution in [3.8, 4) is 0 Å². The Morgan fingerprint density at radius 2 is 1.47 bits per heavy atom. The summed E-state index contributed by atoms with van der Waals surface area (Å²) in [5, 5.41) is 3.00. The molecule has 1 aromatic carbocycles. The van der Waals surface area contributed by atoms with Crippen LogP contribution < -0.4 is 10.0 Å². The minimum Gasteiger partial charge on any atom is -0.388 e. The Hall–Kier alpha value is -1.27. The van der Waals surface area contributed by atoms with Gasteiger partial charge in [-0.2, -0.15) is 12.7 Å². The number of benzene rings is 1. The van der Waals surface area contributed by atoms with E-state index in [1.54, 1.807) is 16.4 Å². The van der Waals surface area contributed by atoms with Gasteiger partial charge in [0.25, 0.3) is 0 Å². The van der Waals surface area contributed by atoms with Crippen molar-refractivity contribution in [2.45, 2.75) is 25.7 Å². The van der Waals surface area contributed by atoms with Gasteiger partial charge in [-0.1, -0.05) is 12.8 Å². The van der Waals surface area contributed by atoms with Gasteiger partial charge in [0.1, 0.15) is 0 Å². The highest BCUT2D eigenvalue weighted by Crippen LogP contribution is 2.18. The molecule has 1 aliphatic heterocycles. The lowest BCUT2D eigenvalue weighted by Gasteiger charge is -2.20. The standard InChI is InChI=1S/C13H21N3O2S/c1-14-12-6-8-13(9-7-12)15-19(17,18)16-10-4-2-3-5-11-16/h6-9,14-15H,2-5,10-11H2,1H3. The summed E-state index contributed by atoms with van der Waals surface area (Å²) < 4.78 is 28.7. The lowest BCUT2D eigenvalue weighted by Crippen LogP contribution is -2.36. The van der Waals surface area contributed by atoms with Crippen molar-refractivity contribution in [1.82, 2.24) is 4.31 Å². The number of nitrogens with zero attached hydrogens (tertiary/aromatic N) is 1. The van der Waals surface area contributed by atoms with Gasteiger partial charge in [0.05, 0.1) is 0 Å². The van der Waals surface area contributed by atoms with E-state index in [2.05, 4.69) is 10.0 Å². The zero-order chi connectivity index (χ0) is 13.7. The van der Waals surface area contributed by atoms with Gasteiger partial charge in [-0.15, -0.1) is 0 Å². The van der Waals surface area contributed by atoms with Crippen LogP contribution in [0.1, 0.15) is 25.7 Å². The summed E-state index contributed by atoms with van der Waals surface area (Å²) in [4.78, 5) is 0. The summed E-state index contributed by atoms with van der Waals surface area (Å²) in [5.74, 6) is 0. The van der Waals surface area contributed by atoms with Gasteiger partial charge in [-0.05, 0) is 37.1 Å². The van der Waals surface area contributed by atoms with Crippen LogP contribution in [-0.4, -0.2) is 32.9 Å². The molecular weight excluding hydrogens is 262 g/mol. The molecule has 1 aromatic rings. The molecule has 1 saturated heterocycles. The van der Waals surface area contributed by atoms with Gasteiger partial charge >= 0.3 is 10.2 Å². The summed E-state index contributed by atoms with van der Waals surface area (Å²) in [7, 11) is -1.59. The van der Waals surface area contributed by atoms with E-state index < -0.39 is 10.2 Å². The fourth-order valence-electron chi connectivity index (χ4n) is 2.20. The van der Waals surface area contributed by atoms with Crippen LogP contribution in [-0.2, 0) is 10.2 Å². The summed E-state index contributed by atoms with van der Waals surface area (Å²) in [6, 6.07) is 7.23. The van der Waals surface area contributed by atoms with Crippen molar-refractivity contribution in [2.75, 3.05) is 30.2 Å². The first-order valence-electron chi connectivity index (χ1n) is 6.67. The molecule has 0 saturated carbocycles. The van der Waals surface area contributed by atoms with Gasteiger partial charge in [-0.3, -0.25) is 4.72 Å². The average molecular weight is 283 g/mol. The van der Waals surface area contributed by atoms with Crippen LogP contribution in [0.25, 0.3) is 0 Å². The second kappa shape index (κ2) is 6.25. The van der Waals surface area contributed by atoms with E-state index in [0.29, 0.717) is 18.8 Å². The van der Waals surface area contributed by atoms with Gasteiger partial charge in [0.2, 0.25) is 0 Å². The molecule has 5 nitrogen and oxygen atoms in total. The molecule has 19 heavy (non-hydrogen) atoms. The SMILES string of the molecule is CNc1ccc(NS(=O)(=O)N2CCCCCC2)cc1. The molecular formula is C13H21N3O2S. The van der Waals surface area contributed by atoms with E-state index in [1.165, 1.54) is 0 Å². The van der Waals surface area contributed by atoms with Crippen LogP contribution in [0.5, 0.6) is 0 Å². The van der Waals surface area contributed by atoms with Crippen LogP contribution >= 0.6 is 0 Å². The summed E-state index contributed by atoms with van der Waals surface area (Å²) >= 11 is 0. The number of nitrogens with one attached hydrogen (secondary N) is 2. The fourth-order valence-corrected chi connectivity index (χ4v) is 3.50. The number of hydrogen-bond donors (Lipinski definition) is 2. The van der Waals surface area contributed by atoms with E-state index in [1.807, 2.05) is 19.2 Å². The van der Waals surface area contributed by atoms with E-state index in [-0.39, 0.29) is 0 Å². The minimum absolute atomic E-state index is 0.600. The van der Waals surface area contributed by atoms with E-state index >= 15 is 0 Å². The van der Waals surface area contributed by atoms with Crippen molar-refractivity contribution >= 4 is 21.6 Å². The number of hydrogen-bond acceptors (Lipinski definition) is 3. The van der Waals surface area contributed by atoms with E-state index in [9.17, 15) is 8.42 Å². The van der Waals surface area contributed by atoms with Crippen molar-refractivity contribution < 1.29 is 8.42 Å². The van der Waals surface area contributed by atoms with Gasteiger partial charge < -0.3 is 5.32 Å². The minimum atomic E-state index is -3.42. The van der Waals surface area contributed by atoms with Crippen LogP contribution in [0, 0.1) is 0 Å². The second-order valence-corrected chi connectivity index (χ2v) is 6.42. The molecule has 0 bridgehead atoms. The molecule has 1 fully saturated rings. The Labute approximate surface area is 115 Å². The Morgan fingerprint density at radius 1 is 0.947 bits per heavy atom. The first kappa shape index (κ1) is 14.1. The highest BCUT2D eigenvalue weighted by molar-refractivity contribution is 7.90. The molecule has 2 N–H and O–H groups in total. The molecule has 0 amide bonds. The lowest BCUT2D eigenvalue weighted by atomic mass is 10.2. The van der Waals surface area contributed by atoms with Gasteiger partial charge in [-0.25, -0.2) is 0 Å². The number of anilines is 2. The topological polar surface area (TPSA) is 61.4 Å². The number of rotatable bonds is 4. The molecule has 0 atom stereocenters. The highest BCUT2D eigenvalue weighted by atomic mass is 32.2. The Bertz CT molecular complexity index is 491. The Kier molecular flexibility index (Phi) is 4.66. The monoisotopic (exact) mass is 283 g/mol. The summed E-state index contributed by atoms with van der Waals surface area (Å²) in [5.41, 5.74) is 1.56.